The molecule has 9 heteroatoms. The Hall–Kier alpha value is -3.53. The molecule has 0 unspecified atom stereocenters. The Morgan fingerprint density at radius 1 is 0.974 bits per heavy atom. The molecule has 38 heavy (non-hydrogen) atoms. The minimum Gasteiger partial charge on any atom is -0.318 e. The van der Waals surface area contributed by atoms with Gasteiger partial charge in [0.2, 0.25) is 10.0 Å². The molecule has 0 aliphatic carbocycles. The molecule has 4 rings (SSSR count). The third-order valence-electron chi connectivity index (χ3n) is 6.14. The third kappa shape index (κ3) is 6.66. The minimum absolute atomic E-state index is 0.143. The lowest BCUT2D eigenvalue weighted by atomic mass is 10.1. The van der Waals surface area contributed by atoms with Crippen molar-refractivity contribution in [2.24, 2.45) is 5.10 Å². The Kier molecular flexibility index (Phi) is 8.93. The van der Waals surface area contributed by atoms with Crippen molar-refractivity contribution >= 4 is 38.1 Å². The molecule has 0 aliphatic rings. The normalized spacial score (nSPS) is 11.8. The Balaban J connectivity index is 1.47. The molecule has 3 aromatic carbocycles. The number of sulfonamides is 1. The number of aromatic nitrogens is 1. The summed E-state index contributed by atoms with van der Waals surface area (Å²) in [5.74, 6) is -0.518. The zero-order valence-electron chi connectivity index (χ0n) is 21.2. The molecule has 0 bridgehead atoms. The standard InChI is InChI=1S/C29H29BrN4O3S/c1-22-19-25(23(2)34(22)27-15-13-26(30)14-16-27)20-31-32-29(35)21-33(18-17-24-9-5-3-6-10-24)38(36,37)28-11-7-4-8-12-28/h3-16,19-20H,17-18,21H2,1-2H3,(H,32,35)/b31-20+. The number of hydrazone groups is 1. The Labute approximate surface area is 232 Å². The van der Waals surface area contributed by atoms with Crippen molar-refractivity contribution in [2.45, 2.75) is 25.2 Å². The van der Waals surface area contributed by atoms with Gasteiger partial charge in [0, 0.05) is 33.7 Å². The minimum atomic E-state index is -3.87. The molecule has 1 aromatic heterocycles. The van der Waals surface area contributed by atoms with E-state index in [1.165, 1.54) is 16.4 Å². The number of benzene rings is 3. The van der Waals surface area contributed by atoms with Gasteiger partial charge in [0.1, 0.15) is 0 Å². The predicted octanol–water partition coefficient (Wildman–Crippen LogP) is 5.24. The maximum Gasteiger partial charge on any atom is 0.255 e. The number of aryl methyl sites for hydroxylation is 1. The highest BCUT2D eigenvalue weighted by Gasteiger charge is 2.26. The van der Waals surface area contributed by atoms with Gasteiger partial charge in [0.25, 0.3) is 5.91 Å². The van der Waals surface area contributed by atoms with Gasteiger partial charge >= 0.3 is 0 Å². The molecule has 0 spiro atoms. The van der Waals surface area contributed by atoms with Gasteiger partial charge < -0.3 is 4.57 Å². The molecule has 196 valence electrons. The number of amides is 1. The van der Waals surface area contributed by atoms with E-state index >= 15 is 0 Å². The van der Waals surface area contributed by atoms with Crippen molar-refractivity contribution in [3.63, 3.8) is 0 Å². The quantitative estimate of drug-likeness (QED) is 0.202. The van der Waals surface area contributed by atoms with E-state index in [1.54, 1.807) is 24.4 Å². The first-order valence-corrected chi connectivity index (χ1v) is 14.3. The van der Waals surface area contributed by atoms with Gasteiger partial charge in [0.15, 0.2) is 0 Å². The van der Waals surface area contributed by atoms with Crippen molar-refractivity contribution in [3.8, 4) is 5.69 Å². The smallest absolute Gasteiger partial charge is 0.255 e. The average molecular weight is 594 g/mol. The summed E-state index contributed by atoms with van der Waals surface area (Å²) in [5, 5.41) is 4.12. The van der Waals surface area contributed by atoms with E-state index in [0.29, 0.717) is 6.42 Å². The zero-order chi connectivity index (χ0) is 27.1. The summed E-state index contributed by atoms with van der Waals surface area (Å²) < 4.78 is 31.0. The van der Waals surface area contributed by atoms with Crippen molar-refractivity contribution in [1.82, 2.24) is 14.3 Å². The fraction of sp³-hybridized carbons (Fsp3) is 0.172. The molecule has 1 amide bonds. The van der Waals surface area contributed by atoms with Gasteiger partial charge in [-0.2, -0.15) is 9.41 Å². The fourth-order valence-corrected chi connectivity index (χ4v) is 5.88. The highest BCUT2D eigenvalue weighted by Crippen LogP contribution is 2.21. The van der Waals surface area contributed by atoms with Crippen molar-refractivity contribution in [1.29, 1.82) is 0 Å². The third-order valence-corrected chi connectivity index (χ3v) is 8.53. The number of nitrogens with one attached hydrogen (secondary N) is 1. The number of nitrogens with zero attached hydrogens (tertiary/aromatic N) is 3. The van der Waals surface area contributed by atoms with Crippen molar-refractivity contribution in [3.05, 3.63) is 118 Å². The lowest BCUT2D eigenvalue weighted by Crippen LogP contribution is -2.40. The Bertz CT molecular complexity index is 1520. The SMILES string of the molecule is Cc1cc(/C=N/NC(=O)CN(CCc2ccccc2)S(=O)(=O)c2ccccc2)c(C)n1-c1ccc(Br)cc1. The van der Waals surface area contributed by atoms with E-state index in [1.807, 2.05) is 74.5 Å². The van der Waals surface area contributed by atoms with Crippen LogP contribution < -0.4 is 5.43 Å². The van der Waals surface area contributed by atoms with Crippen LogP contribution in [-0.4, -0.2) is 42.5 Å². The molecule has 0 saturated heterocycles. The maximum absolute atomic E-state index is 13.3. The molecule has 0 atom stereocenters. The summed E-state index contributed by atoms with van der Waals surface area (Å²) in [6.07, 6.45) is 2.06. The van der Waals surface area contributed by atoms with Crippen LogP contribution in [0.5, 0.6) is 0 Å². The van der Waals surface area contributed by atoms with Crippen LogP contribution >= 0.6 is 15.9 Å². The van der Waals surface area contributed by atoms with Crippen LogP contribution in [0.15, 0.2) is 105 Å². The highest BCUT2D eigenvalue weighted by molar-refractivity contribution is 9.10. The number of hydrogen-bond acceptors (Lipinski definition) is 4. The molecule has 7 nitrogen and oxygen atoms in total. The monoisotopic (exact) mass is 592 g/mol. The second kappa shape index (κ2) is 12.3. The average Bonchev–Trinajstić information content (AvgIpc) is 3.20. The van der Waals surface area contributed by atoms with E-state index in [0.717, 1.165) is 32.7 Å². The second-order valence-corrected chi connectivity index (χ2v) is 11.7. The first kappa shape index (κ1) is 27.5. The molecule has 4 aromatic rings. The number of halogens is 1. The van der Waals surface area contributed by atoms with E-state index in [4.69, 9.17) is 0 Å². The number of rotatable bonds is 10. The van der Waals surface area contributed by atoms with Crippen LogP contribution in [0.2, 0.25) is 0 Å². The van der Waals surface area contributed by atoms with Gasteiger partial charge in [-0.1, -0.05) is 64.5 Å². The lowest BCUT2D eigenvalue weighted by molar-refractivity contribution is -0.121. The molecule has 0 saturated carbocycles. The van der Waals surface area contributed by atoms with Gasteiger partial charge in [-0.05, 0) is 68.3 Å². The maximum atomic E-state index is 13.3. The second-order valence-electron chi connectivity index (χ2n) is 8.82. The van der Waals surface area contributed by atoms with Crippen LogP contribution in [0.3, 0.4) is 0 Å². The van der Waals surface area contributed by atoms with Crippen LogP contribution in [0.25, 0.3) is 5.69 Å². The molecular weight excluding hydrogens is 564 g/mol. The summed E-state index contributed by atoms with van der Waals surface area (Å²) in [4.78, 5) is 12.9. The first-order chi connectivity index (χ1) is 18.3. The lowest BCUT2D eigenvalue weighted by Gasteiger charge is -2.21. The predicted molar refractivity (Wildman–Crippen MR) is 154 cm³/mol. The first-order valence-electron chi connectivity index (χ1n) is 12.1. The van der Waals surface area contributed by atoms with E-state index in [9.17, 15) is 13.2 Å². The number of carbonyl (C=O) groups is 1. The summed E-state index contributed by atoms with van der Waals surface area (Å²) in [6, 6.07) is 27.7. The van der Waals surface area contributed by atoms with Gasteiger partial charge in [-0.3, -0.25) is 4.79 Å². The van der Waals surface area contributed by atoms with E-state index in [2.05, 4.69) is 31.0 Å². The summed E-state index contributed by atoms with van der Waals surface area (Å²) >= 11 is 3.46. The van der Waals surface area contributed by atoms with Crippen LogP contribution in [0.1, 0.15) is 22.5 Å². The molecule has 0 radical (unpaired) electrons. The topological polar surface area (TPSA) is 83.8 Å². The van der Waals surface area contributed by atoms with Gasteiger partial charge in [-0.15, -0.1) is 0 Å². The molecule has 1 heterocycles. The van der Waals surface area contributed by atoms with E-state index < -0.39 is 15.9 Å². The van der Waals surface area contributed by atoms with Crippen molar-refractivity contribution in [2.75, 3.05) is 13.1 Å². The van der Waals surface area contributed by atoms with Gasteiger partial charge in [0.05, 0.1) is 17.7 Å². The highest BCUT2D eigenvalue weighted by atomic mass is 79.9. The Morgan fingerprint density at radius 2 is 1.61 bits per heavy atom. The Morgan fingerprint density at radius 3 is 2.26 bits per heavy atom. The summed E-state index contributed by atoms with van der Waals surface area (Å²) in [6.45, 7) is 3.80. The number of carbonyl (C=O) groups excluding carboxylic acids is 1. The van der Waals surface area contributed by atoms with Crippen LogP contribution in [0.4, 0.5) is 0 Å². The van der Waals surface area contributed by atoms with Crippen molar-refractivity contribution < 1.29 is 13.2 Å². The fourth-order valence-electron chi connectivity index (χ4n) is 4.20. The number of hydrogen-bond donors (Lipinski definition) is 1. The summed E-state index contributed by atoms with van der Waals surface area (Å²) in [5.41, 5.74) is 7.35. The van der Waals surface area contributed by atoms with Gasteiger partial charge in [-0.25, -0.2) is 13.8 Å². The molecule has 0 aliphatic heterocycles. The zero-order valence-corrected chi connectivity index (χ0v) is 23.6. The van der Waals surface area contributed by atoms with E-state index in [-0.39, 0.29) is 18.0 Å². The summed E-state index contributed by atoms with van der Waals surface area (Å²) in [7, 11) is -3.87. The molecular formula is C29H29BrN4O3S. The molecule has 1 N–H and O–H groups in total. The van der Waals surface area contributed by atoms with Crippen LogP contribution in [0, 0.1) is 13.8 Å². The van der Waals surface area contributed by atoms with Crippen LogP contribution in [-0.2, 0) is 21.2 Å². The molecule has 0 fully saturated rings. The largest absolute Gasteiger partial charge is 0.318 e.